The van der Waals surface area contributed by atoms with Gasteiger partial charge in [-0.05, 0) is 19.1 Å². The van der Waals surface area contributed by atoms with Crippen LogP contribution in [0.1, 0.15) is 6.92 Å². The van der Waals surface area contributed by atoms with Crippen molar-refractivity contribution in [3.8, 4) is 5.75 Å². The second-order valence-corrected chi connectivity index (χ2v) is 3.69. The molecule has 0 aromatic heterocycles. The van der Waals surface area contributed by atoms with Gasteiger partial charge >= 0.3 is 12.3 Å². The van der Waals surface area contributed by atoms with Gasteiger partial charge in [0.1, 0.15) is 12.4 Å². The number of para-hydroxylation sites is 1. The van der Waals surface area contributed by atoms with E-state index in [1.54, 1.807) is 18.2 Å². The Bertz CT molecular complexity index is 404. The summed E-state index contributed by atoms with van der Waals surface area (Å²) in [6, 6.07) is 7.69. The predicted molar refractivity (Wildman–Crippen MR) is 55.1 cm³/mol. The van der Waals surface area contributed by atoms with Crippen molar-refractivity contribution in [1.82, 2.24) is 0 Å². The highest BCUT2D eigenvalue weighted by molar-refractivity contribution is 5.77. The van der Waals surface area contributed by atoms with Crippen LogP contribution in [0.4, 0.5) is 13.2 Å². The molecule has 0 spiro atoms. The quantitative estimate of drug-likeness (QED) is 0.887. The largest absolute Gasteiger partial charge is 0.522 e. The minimum Gasteiger partial charge on any atom is -0.478 e. The zero-order valence-corrected chi connectivity index (χ0v) is 9.40. The van der Waals surface area contributed by atoms with E-state index in [2.05, 4.69) is 4.74 Å². The second kappa shape index (κ2) is 5.26. The van der Waals surface area contributed by atoms with Crippen LogP contribution < -0.4 is 4.74 Å². The van der Waals surface area contributed by atoms with E-state index in [0.717, 1.165) is 6.92 Å². The van der Waals surface area contributed by atoms with Crippen molar-refractivity contribution in [1.29, 1.82) is 0 Å². The molecule has 0 radical (unpaired) electrons. The smallest absolute Gasteiger partial charge is 0.478 e. The van der Waals surface area contributed by atoms with Gasteiger partial charge in [0, 0.05) is 0 Å². The molecular formula is C11H11F3O4. The third-order valence-electron chi connectivity index (χ3n) is 2.05. The standard InChI is InChI=1S/C11H11F3O4/c1-10(9(15)16,7-17-11(12,13)14)18-8-5-3-2-4-6-8/h2-6H,7H2,1H3,(H,15,16). The van der Waals surface area contributed by atoms with Crippen LogP contribution in [0.15, 0.2) is 30.3 Å². The van der Waals surface area contributed by atoms with Crippen LogP contribution in [0.3, 0.4) is 0 Å². The van der Waals surface area contributed by atoms with Gasteiger partial charge in [-0.15, -0.1) is 13.2 Å². The third kappa shape index (κ3) is 4.25. The molecule has 0 aliphatic carbocycles. The summed E-state index contributed by atoms with van der Waals surface area (Å²) in [5.41, 5.74) is -2.11. The molecule has 0 saturated heterocycles. The van der Waals surface area contributed by atoms with E-state index in [1.165, 1.54) is 12.1 Å². The molecule has 0 aliphatic heterocycles. The van der Waals surface area contributed by atoms with Crippen LogP contribution in [0, 0.1) is 0 Å². The number of halogens is 3. The highest BCUT2D eigenvalue weighted by Gasteiger charge is 2.41. The molecule has 0 fully saturated rings. The molecule has 4 nitrogen and oxygen atoms in total. The predicted octanol–water partition coefficient (Wildman–Crippen LogP) is 2.45. The maximum absolute atomic E-state index is 11.9. The molecule has 0 aliphatic rings. The summed E-state index contributed by atoms with van der Waals surface area (Å²) in [5, 5.41) is 8.92. The zero-order valence-electron chi connectivity index (χ0n) is 9.40. The van der Waals surface area contributed by atoms with Crippen molar-refractivity contribution in [3.63, 3.8) is 0 Å². The van der Waals surface area contributed by atoms with E-state index < -0.39 is 24.5 Å². The first kappa shape index (κ1) is 14.3. The van der Waals surface area contributed by atoms with Crippen LogP contribution in [0.2, 0.25) is 0 Å². The molecular weight excluding hydrogens is 253 g/mol. The normalized spacial score (nSPS) is 14.9. The molecule has 1 rings (SSSR count). The number of carboxylic acid groups (broad SMARTS) is 1. The van der Waals surface area contributed by atoms with Crippen molar-refractivity contribution in [3.05, 3.63) is 30.3 Å². The van der Waals surface area contributed by atoms with Crippen LogP contribution in [-0.2, 0) is 9.53 Å². The van der Waals surface area contributed by atoms with E-state index in [1.807, 2.05) is 0 Å². The lowest BCUT2D eigenvalue weighted by Gasteiger charge is -2.26. The molecule has 7 heteroatoms. The third-order valence-corrected chi connectivity index (χ3v) is 2.05. The molecule has 1 N–H and O–H groups in total. The Hall–Kier alpha value is -1.76. The lowest BCUT2D eigenvalue weighted by atomic mass is 10.1. The number of rotatable bonds is 5. The van der Waals surface area contributed by atoms with E-state index in [-0.39, 0.29) is 5.75 Å². The Kier molecular flexibility index (Phi) is 4.18. The first-order chi connectivity index (χ1) is 8.23. The Labute approximate surface area is 101 Å². The highest BCUT2D eigenvalue weighted by Crippen LogP contribution is 2.23. The SMILES string of the molecule is CC(COC(F)(F)F)(Oc1ccccc1)C(=O)O. The number of aliphatic carboxylic acids is 1. The van der Waals surface area contributed by atoms with Gasteiger partial charge in [-0.1, -0.05) is 18.2 Å². The molecule has 18 heavy (non-hydrogen) atoms. The second-order valence-electron chi connectivity index (χ2n) is 3.69. The van der Waals surface area contributed by atoms with Gasteiger partial charge in [-0.2, -0.15) is 0 Å². The molecule has 1 aromatic carbocycles. The van der Waals surface area contributed by atoms with Crippen molar-refractivity contribution in [2.45, 2.75) is 18.9 Å². The van der Waals surface area contributed by atoms with Gasteiger partial charge in [0.2, 0.25) is 5.60 Å². The molecule has 1 unspecified atom stereocenters. The maximum Gasteiger partial charge on any atom is 0.522 e. The Morgan fingerprint density at radius 3 is 2.28 bits per heavy atom. The number of carboxylic acids is 1. The molecule has 1 aromatic rings. The average Bonchev–Trinajstić information content (AvgIpc) is 2.27. The molecule has 0 bridgehead atoms. The molecule has 0 saturated carbocycles. The number of carbonyl (C=O) groups is 1. The van der Waals surface area contributed by atoms with Gasteiger partial charge in [-0.25, -0.2) is 4.79 Å². The lowest BCUT2D eigenvalue weighted by Crippen LogP contribution is -2.47. The van der Waals surface area contributed by atoms with Gasteiger partial charge in [0.15, 0.2) is 0 Å². The topological polar surface area (TPSA) is 55.8 Å². The average molecular weight is 264 g/mol. The fraction of sp³-hybridized carbons (Fsp3) is 0.364. The van der Waals surface area contributed by atoms with E-state index >= 15 is 0 Å². The Balaban J connectivity index is 2.78. The minimum absolute atomic E-state index is 0.146. The summed E-state index contributed by atoms with van der Waals surface area (Å²) >= 11 is 0. The number of hydrogen-bond acceptors (Lipinski definition) is 3. The Morgan fingerprint density at radius 2 is 1.83 bits per heavy atom. The van der Waals surface area contributed by atoms with Gasteiger partial charge < -0.3 is 9.84 Å². The van der Waals surface area contributed by atoms with Crippen LogP contribution >= 0.6 is 0 Å². The van der Waals surface area contributed by atoms with Crippen molar-refractivity contribution in [2.75, 3.05) is 6.61 Å². The van der Waals surface area contributed by atoms with Crippen molar-refractivity contribution < 1.29 is 32.5 Å². The number of benzene rings is 1. The lowest BCUT2D eigenvalue weighted by molar-refractivity contribution is -0.333. The molecule has 1 atom stereocenters. The summed E-state index contributed by atoms with van der Waals surface area (Å²) < 4.78 is 44.3. The summed E-state index contributed by atoms with van der Waals surface area (Å²) in [5.74, 6) is -1.40. The molecule has 0 heterocycles. The van der Waals surface area contributed by atoms with Crippen LogP contribution in [-0.4, -0.2) is 29.6 Å². The number of ether oxygens (including phenoxy) is 2. The summed E-state index contributed by atoms with van der Waals surface area (Å²) in [6.07, 6.45) is -4.91. The van der Waals surface area contributed by atoms with Gasteiger partial charge in [-0.3, -0.25) is 4.74 Å². The fourth-order valence-electron chi connectivity index (χ4n) is 1.10. The number of alkyl halides is 3. The first-order valence-electron chi connectivity index (χ1n) is 4.91. The zero-order chi connectivity index (χ0) is 13.8. The monoisotopic (exact) mass is 264 g/mol. The first-order valence-corrected chi connectivity index (χ1v) is 4.91. The highest BCUT2D eigenvalue weighted by atomic mass is 19.4. The molecule has 0 amide bonds. The minimum atomic E-state index is -4.91. The van der Waals surface area contributed by atoms with Gasteiger partial charge in [0.05, 0.1) is 0 Å². The fourth-order valence-corrected chi connectivity index (χ4v) is 1.10. The summed E-state index contributed by atoms with van der Waals surface area (Å²) in [7, 11) is 0. The maximum atomic E-state index is 11.9. The van der Waals surface area contributed by atoms with E-state index in [4.69, 9.17) is 9.84 Å². The van der Waals surface area contributed by atoms with E-state index in [9.17, 15) is 18.0 Å². The molecule has 100 valence electrons. The summed E-state index contributed by atoms with van der Waals surface area (Å²) in [6.45, 7) is -0.130. The van der Waals surface area contributed by atoms with Gasteiger partial charge in [0.25, 0.3) is 0 Å². The number of hydrogen-bond donors (Lipinski definition) is 1. The Morgan fingerprint density at radius 1 is 1.28 bits per heavy atom. The van der Waals surface area contributed by atoms with Crippen molar-refractivity contribution >= 4 is 5.97 Å². The van der Waals surface area contributed by atoms with E-state index in [0.29, 0.717) is 0 Å². The summed E-state index contributed by atoms with van der Waals surface area (Å²) in [4.78, 5) is 11.0. The van der Waals surface area contributed by atoms with Crippen LogP contribution in [0.25, 0.3) is 0 Å². The van der Waals surface area contributed by atoms with Crippen molar-refractivity contribution in [2.24, 2.45) is 0 Å². The van der Waals surface area contributed by atoms with Crippen LogP contribution in [0.5, 0.6) is 5.75 Å².